The third kappa shape index (κ3) is 4.85. The van der Waals surface area contributed by atoms with Crippen LogP contribution in [0.2, 0.25) is 0 Å². The lowest BCUT2D eigenvalue weighted by molar-refractivity contribution is -0.115. The molecule has 0 spiro atoms. The first-order chi connectivity index (χ1) is 16.9. The summed E-state index contributed by atoms with van der Waals surface area (Å²) in [6.45, 7) is 4.35. The molecule has 0 saturated carbocycles. The Morgan fingerprint density at radius 1 is 0.800 bits per heavy atom. The maximum atomic E-state index is 12.9. The van der Waals surface area contributed by atoms with E-state index in [-0.39, 0.29) is 31.9 Å². The van der Waals surface area contributed by atoms with Crippen molar-refractivity contribution in [2.45, 2.75) is 19.4 Å². The first-order valence-corrected chi connectivity index (χ1v) is 11.1. The van der Waals surface area contributed by atoms with Gasteiger partial charge in [0.2, 0.25) is 19.5 Å². The third-order valence-corrected chi connectivity index (χ3v) is 5.86. The van der Waals surface area contributed by atoms with E-state index < -0.39 is 5.54 Å². The minimum Gasteiger partial charge on any atom is -0.454 e. The summed E-state index contributed by atoms with van der Waals surface area (Å²) >= 11 is 0. The van der Waals surface area contributed by atoms with Gasteiger partial charge in [0.25, 0.3) is 5.91 Å². The van der Waals surface area contributed by atoms with Gasteiger partial charge in [0, 0.05) is 17.3 Å². The molecule has 2 heterocycles. The monoisotopic (exact) mass is 475 g/mol. The number of fused-ring (bicyclic) bond motifs is 2. The molecule has 35 heavy (non-hydrogen) atoms. The van der Waals surface area contributed by atoms with Crippen LogP contribution in [-0.2, 0) is 10.3 Å². The zero-order chi connectivity index (χ0) is 24.4. The van der Waals surface area contributed by atoms with Crippen LogP contribution in [0.25, 0.3) is 0 Å². The van der Waals surface area contributed by atoms with Gasteiger partial charge in [-0.15, -0.1) is 0 Å². The Balaban J connectivity index is 1.22. The molecule has 0 saturated heterocycles. The third-order valence-electron chi connectivity index (χ3n) is 5.86. The maximum absolute atomic E-state index is 12.9. The molecule has 2 aliphatic heterocycles. The summed E-state index contributed by atoms with van der Waals surface area (Å²) in [7, 11) is 0. The molecule has 0 fully saturated rings. The number of para-hydroxylation sites is 1. The average molecular weight is 476 g/mol. The molecule has 3 N–H and O–H groups in total. The quantitative estimate of drug-likeness (QED) is 0.476. The topological polar surface area (TPSA) is 107 Å². The second kappa shape index (κ2) is 9.19. The highest BCUT2D eigenvalue weighted by Crippen LogP contribution is 2.36. The zero-order valence-corrected chi connectivity index (χ0v) is 19.3. The highest BCUT2D eigenvalue weighted by molar-refractivity contribution is 6.10. The lowest BCUT2D eigenvalue weighted by Crippen LogP contribution is -2.41. The van der Waals surface area contributed by atoms with Crippen molar-refractivity contribution >= 4 is 23.2 Å². The van der Waals surface area contributed by atoms with Crippen LogP contribution in [0.3, 0.4) is 0 Å². The van der Waals surface area contributed by atoms with Crippen LogP contribution < -0.4 is 34.9 Å². The maximum Gasteiger partial charge on any atom is 0.257 e. The van der Waals surface area contributed by atoms with Crippen LogP contribution in [0, 0.1) is 0 Å². The van der Waals surface area contributed by atoms with Crippen LogP contribution in [-0.4, -0.2) is 31.9 Å². The van der Waals surface area contributed by atoms with Crippen molar-refractivity contribution in [3.05, 3.63) is 71.8 Å². The number of amides is 2. The summed E-state index contributed by atoms with van der Waals surface area (Å²) in [4.78, 5) is 25.7. The van der Waals surface area contributed by atoms with Crippen molar-refractivity contribution in [3.63, 3.8) is 0 Å². The Kier molecular flexibility index (Phi) is 5.92. The fourth-order valence-electron chi connectivity index (χ4n) is 3.85. The zero-order valence-electron chi connectivity index (χ0n) is 19.3. The predicted molar refractivity (Wildman–Crippen MR) is 129 cm³/mol. The van der Waals surface area contributed by atoms with Crippen molar-refractivity contribution in [2.24, 2.45) is 0 Å². The Morgan fingerprint density at radius 2 is 1.46 bits per heavy atom. The summed E-state index contributed by atoms with van der Waals surface area (Å²) in [5.74, 6) is 1.96. The van der Waals surface area contributed by atoms with Gasteiger partial charge in [-0.2, -0.15) is 0 Å². The van der Waals surface area contributed by atoms with Gasteiger partial charge in [-0.1, -0.05) is 18.2 Å². The minimum atomic E-state index is -0.505. The van der Waals surface area contributed by atoms with Crippen LogP contribution in [0.5, 0.6) is 23.0 Å². The summed E-state index contributed by atoms with van der Waals surface area (Å²) < 4.78 is 21.5. The number of carbonyl (C=O) groups is 2. The highest BCUT2D eigenvalue weighted by atomic mass is 16.7. The van der Waals surface area contributed by atoms with Crippen molar-refractivity contribution in [1.82, 2.24) is 5.32 Å². The van der Waals surface area contributed by atoms with E-state index in [4.69, 9.17) is 18.9 Å². The molecule has 2 aliphatic rings. The molecule has 2 amide bonds. The van der Waals surface area contributed by atoms with E-state index >= 15 is 0 Å². The molecule has 180 valence electrons. The molecular weight excluding hydrogens is 450 g/mol. The molecule has 3 aromatic rings. The molecule has 0 unspecified atom stereocenters. The summed E-state index contributed by atoms with van der Waals surface area (Å²) in [5.41, 5.74) is 1.77. The normalized spacial score (nSPS) is 13.4. The largest absolute Gasteiger partial charge is 0.454 e. The van der Waals surface area contributed by atoms with Crippen LogP contribution in [0.4, 0.5) is 11.4 Å². The molecule has 0 radical (unpaired) electrons. The van der Waals surface area contributed by atoms with E-state index in [1.54, 1.807) is 42.5 Å². The number of benzene rings is 3. The molecule has 0 atom stereocenters. The van der Waals surface area contributed by atoms with Gasteiger partial charge >= 0.3 is 0 Å². The van der Waals surface area contributed by atoms with Crippen LogP contribution in [0.15, 0.2) is 60.7 Å². The number of anilines is 2. The van der Waals surface area contributed by atoms with Gasteiger partial charge in [0.05, 0.1) is 17.8 Å². The minimum absolute atomic E-state index is 0.0412. The highest BCUT2D eigenvalue weighted by Gasteiger charge is 2.25. The van der Waals surface area contributed by atoms with E-state index in [0.717, 1.165) is 5.56 Å². The predicted octanol–water partition coefficient (Wildman–Crippen LogP) is 3.86. The second-order valence-electron chi connectivity index (χ2n) is 8.66. The second-order valence-corrected chi connectivity index (χ2v) is 8.66. The first-order valence-electron chi connectivity index (χ1n) is 11.1. The van der Waals surface area contributed by atoms with Gasteiger partial charge in [-0.05, 0) is 55.8 Å². The summed E-state index contributed by atoms with van der Waals surface area (Å²) in [6, 6.07) is 17.7. The van der Waals surface area contributed by atoms with Gasteiger partial charge in [0.15, 0.2) is 23.0 Å². The molecule has 9 nitrogen and oxygen atoms in total. The lowest BCUT2D eigenvalue weighted by Gasteiger charge is -2.27. The van der Waals surface area contributed by atoms with Gasteiger partial charge in [0.1, 0.15) is 0 Å². The number of hydrogen-bond donors (Lipinski definition) is 3. The van der Waals surface area contributed by atoms with E-state index in [1.165, 1.54) is 0 Å². The Labute approximate surface area is 202 Å². The molecule has 0 aromatic heterocycles. The number of ether oxygens (including phenoxy) is 4. The van der Waals surface area contributed by atoms with E-state index in [1.807, 2.05) is 32.0 Å². The Morgan fingerprint density at radius 3 is 2.23 bits per heavy atom. The summed E-state index contributed by atoms with van der Waals surface area (Å²) in [6.07, 6.45) is 0. The number of hydrogen-bond acceptors (Lipinski definition) is 7. The Hall–Kier alpha value is -4.24. The van der Waals surface area contributed by atoms with Gasteiger partial charge < -0.3 is 29.6 Å². The molecule has 9 heteroatoms. The molecule has 3 aromatic carbocycles. The first kappa shape index (κ1) is 22.5. The number of rotatable bonds is 7. The van der Waals surface area contributed by atoms with E-state index in [2.05, 4.69) is 16.0 Å². The van der Waals surface area contributed by atoms with Crippen molar-refractivity contribution in [2.75, 3.05) is 30.8 Å². The Bertz CT molecular complexity index is 1290. The SMILES string of the molecule is CC(C)(NCC(=O)Nc1ccccc1C(=O)Nc1ccc2c(c1)OCO2)c1ccc2c(c1)OCO2. The van der Waals surface area contributed by atoms with Gasteiger partial charge in [-0.25, -0.2) is 0 Å². The standard InChI is InChI=1S/C26H25N3O6/c1-26(2,16-7-9-20-22(11-16)34-14-32-20)27-13-24(30)29-19-6-4-3-5-18(19)25(31)28-17-8-10-21-23(12-17)35-15-33-21/h3-12,27H,13-15H2,1-2H3,(H,28,31)(H,29,30). The fraction of sp³-hybridized carbons (Fsp3) is 0.231. The average Bonchev–Trinajstić information content (AvgIpc) is 3.51. The molecule has 5 rings (SSSR count). The lowest BCUT2D eigenvalue weighted by atomic mass is 9.94. The van der Waals surface area contributed by atoms with Crippen molar-refractivity contribution in [1.29, 1.82) is 0 Å². The number of carbonyl (C=O) groups excluding carboxylic acids is 2. The number of nitrogens with one attached hydrogen (secondary N) is 3. The molecule has 0 aliphatic carbocycles. The van der Waals surface area contributed by atoms with E-state index in [9.17, 15) is 9.59 Å². The fourth-order valence-corrected chi connectivity index (χ4v) is 3.85. The van der Waals surface area contributed by atoms with Crippen molar-refractivity contribution < 1.29 is 28.5 Å². The smallest absolute Gasteiger partial charge is 0.257 e. The summed E-state index contributed by atoms with van der Waals surface area (Å²) in [5, 5.41) is 8.93. The van der Waals surface area contributed by atoms with Crippen LogP contribution >= 0.6 is 0 Å². The molecule has 0 bridgehead atoms. The van der Waals surface area contributed by atoms with E-state index in [0.29, 0.717) is 39.9 Å². The molecular formula is C26H25N3O6. The van der Waals surface area contributed by atoms with Gasteiger partial charge in [-0.3, -0.25) is 14.9 Å². The van der Waals surface area contributed by atoms with Crippen LogP contribution in [0.1, 0.15) is 29.8 Å². The van der Waals surface area contributed by atoms with Crippen molar-refractivity contribution in [3.8, 4) is 23.0 Å².